The Hall–Kier alpha value is -3.75. The number of ether oxygens (including phenoxy) is 3. The van der Waals surface area contributed by atoms with Crippen LogP contribution in [-0.2, 0) is 27.3 Å². The quantitative estimate of drug-likeness (QED) is 0.314. The molecule has 0 heterocycles. The Balaban J connectivity index is 1.95. The molecule has 0 aromatic heterocycles. The summed E-state index contributed by atoms with van der Waals surface area (Å²) in [4.78, 5) is 37.8. The highest BCUT2D eigenvalue weighted by Gasteiger charge is 2.29. The molecule has 2 aromatic carbocycles. The van der Waals surface area contributed by atoms with Gasteiger partial charge in [0.1, 0.15) is 12.7 Å². The van der Waals surface area contributed by atoms with Crippen molar-refractivity contribution in [3.05, 3.63) is 71.8 Å². The standard InChI is InChI=1S/C27H37N3O6/c1-27(2,3)30(19-22-14-8-5-9-15-22)26(33)35-20-23(16-10-11-17-34-24(28)31)36-25(32)29-18-21-12-6-4-7-13-21/h4-9,12-15,23H,10-11,16-20H2,1-3H3,(H2,28,31)(H,29,32)/t23-/m0/s1. The Bertz CT molecular complexity index is 947. The van der Waals surface area contributed by atoms with Crippen molar-refractivity contribution in [1.82, 2.24) is 10.2 Å². The van der Waals surface area contributed by atoms with Crippen molar-refractivity contribution < 1.29 is 28.6 Å². The predicted molar refractivity (Wildman–Crippen MR) is 136 cm³/mol. The second kappa shape index (κ2) is 14.6. The lowest BCUT2D eigenvalue weighted by Crippen LogP contribution is -2.46. The van der Waals surface area contributed by atoms with E-state index in [2.05, 4.69) is 5.32 Å². The van der Waals surface area contributed by atoms with Crippen LogP contribution in [0.15, 0.2) is 60.7 Å². The molecule has 0 aliphatic heterocycles. The second-order valence-corrected chi connectivity index (χ2v) is 9.35. The fourth-order valence-electron chi connectivity index (χ4n) is 3.37. The molecule has 2 aromatic rings. The molecular formula is C27H37N3O6. The van der Waals surface area contributed by atoms with Crippen molar-refractivity contribution in [1.29, 1.82) is 0 Å². The first-order chi connectivity index (χ1) is 17.1. The minimum atomic E-state index is -0.835. The molecule has 0 unspecified atom stereocenters. The first kappa shape index (κ1) is 28.5. The number of alkyl carbamates (subject to hydrolysis) is 1. The summed E-state index contributed by atoms with van der Waals surface area (Å²) in [6.07, 6.45) is -1.08. The number of rotatable bonds is 12. The molecule has 1 atom stereocenters. The third kappa shape index (κ3) is 11.1. The molecule has 3 amide bonds. The van der Waals surface area contributed by atoms with Gasteiger partial charge in [-0.1, -0.05) is 60.7 Å². The second-order valence-electron chi connectivity index (χ2n) is 9.35. The van der Waals surface area contributed by atoms with Crippen molar-refractivity contribution in [2.45, 2.75) is 64.8 Å². The van der Waals surface area contributed by atoms with E-state index < -0.39 is 29.9 Å². The van der Waals surface area contributed by atoms with Crippen molar-refractivity contribution in [2.75, 3.05) is 13.2 Å². The molecule has 0 bridgehead atoms. The van der Waals surface area contributed by atoms with Crippen molar-refractivity contribution in [3.8, 4) is 0 Å². The molecule has 9 heteroatoms. The van der Waals surface area contributed by atoms with E-state index in [4.69, 9.17) is 19.9 Å². The third-order valence-electron chi connectivity index (χ3n) is 5.32. The van der Waals surface area contributed by atoms with E-state index >= 15 is 0 Å². The highest BCUT2D eigenvalue weighted by atomic mass is 16.6. The third-order valence-corrected chi connectivity index (χ3v) is 5.32. The number of primary amides is 1. The van der Waals surface area contributed by atoms with Gasteiger partial charge in [-0.3, -0.25) is 4.90 Å². The summed E-state index contributed by atoms with van der Waals surface area (Å²) in [6.45, 7) is 6.56. The zero-order valence-electron chi connectivity index (χ0n) is 21.3. The van der Waals surface area contributed by atoms with Crippen molar-refractivity contribution in [2.24, 2.45) is 5.73 Å². The monoisotopic (exact) mass is 499 g/mol. The number of benzene rings is 2. The molecule has 0 saturated carbocycles. The lowest BCUT2D eigenvalue weighted by molar-refractivity contribution is 0.0131. The van der Waals surface area contributed by atoms with Crippen molar-refractivity contribution >= 4 is 18.3 Å². The summed E-state index contributed by atoms with van der Waals surface area (Å²) in [5.41, 5.74) is 6.41. The summed E-state index contributed by atoms with van der Waals surface area (Å²) in [5.74, 6) is 0. The van der Waals surface area contributed by atoms with Crippen LogP contribution in [0.2, 0.25) is 0 Å². The Kier molecular flexibility index (Phi) is 11.6. The summed E-state index contributed by atoms with van der Waals surface area (Å²) in [5, 5.41) is 2.72. The van der Waals surface area contributed by atoms with Crippen LogP contribution in [0.25, 0.3) is 0 Å². The smallest absolute Gasteiger partial charge is 0.410 e. The van der Waals surface area contributed by atoms with Crippen LogP contribution >= 0.6 is 0 Å². The van der Waals surface area contributed by atoms with Gasteiger partial charge in [0.15, 0.2) is 0 Å². The lowest BCUT2D eigenvalue weighted by atomic mass is 10.1. The van der Waals surface area contributed by atoms with Gasteiger partial charge in [0.25, 0.3) is 0 Å². The molecule has 0 aliphatic carbocycles. The Morgan fingerprint density at radius 1 is 0.917 bits per heavy atom. The molecular weight excluding hydrogens is 462 g/mol. The minimum absolute atomic E-state index is 0.102. The summed E-state index contributed by atoms with van der Waals surface area (Å²) in [6, 6.07) is 19.1. The fourth-order valence-corrected chi connectivity index (χ4v) is 3.37. The SMILES string of the molecule is CC(C)(C)N(Cc1ccccc1)C(=O)OC[C@H](CCCCOC(N)=O)OC(=O)NCc1ccccc1. The van der Waals surface area contributed by atoms with Gasteiger partial charge in [-0.05, 0) is 51.2 Å². The van der Waals surface area contributed by atoms with Gasteiger partial charge in [0.2, 0.25) is 0 Å². The Morgan fingerprint density at radius 3 is 2.11 bits per heavy atom. The lowest BCUT2D eigenvalue weighted by Gasteiger charge is -2.35. The van der Waals surface area contributed by atoms with Gasteiger partial charge in [-0.2, -0.15) is 0 Å². The van der Waals surface area contributed by atoms with E-state index in [0.717, 1.165) is 11.1 Å². The average Bonchev–Trinajstić information content (AvgIpc) is 2.84. The number of hydrogen-bond donors (Lipinski definition) is 2. The summed E-state index contributed by atoms with van der Waals surface area (Å²) >= 11 is 0. The summed E-state index contributed by atoms with van der Waals surface area (Å²) in [7, 11) is 0. The van der Waals surface area contributed by atoms with Crippen LogP contribution in [0.5, 0.6) is 0 Å². The molecule has 196 valence electrons. The Labute approximate surface area is 212 Å². The molecule has 0 fully saturated rings. The molecule has 0 radical (unpaired) electrons. The largest absolute Gasteiger partial charge is 0.450 e. The molecule has 3 N–H and O–H groups in total. The van der Waals surface area contributed by atoms with Crippen LogP contribution < -0.4 is 11.1 Å². The topological polar surface area (TPSA) is 120 Å². The zero-order chi connectivity index (χ0) is 26.4. The number of hydrogen-bond acceptors (Lipinski definition) is 6. The maximum absolute atomic E-state index is 13.0. The summed E-state index contributed by atoms with van der Waals surface area (Å²) < 4.78 is 15.9. The van der Waals surface area contributed by atoms with Gasteiger partial charge in [0, 0.05) is 18.6 Å². The number of amides is 3. The van der Waals surface area contributed by atoms with E-state index in [1.54, 1.807) is 4.90 Å². The Morgan fingerprint density at radius 2 is 1.53 bits per heavy atom. The molecule has 0 aliphatic rings. The molecule has 2 rings (SSSR count). The van der Waals surface area contributed by atoms with Crippen LogP contribution in [0, 0.1) is 0 Å². The van der Waals surface area contributed by atoms with E-state index in [9.17, 15) is 14.4 Å². The van der Waals surface area contributed by atoms with Gasteiger partial charge >= 0.3 is 18.3 Å². The fraction of sp³-hybridized carbons (Fsp3) is 0.444. The zero-order valence-corrected chi connectivity index (χ0v) is 21.3. The van der Waals surface area contributed by atoms with E-state index in [0.29, 0.717) is 32.4 Å². The number of carbonyl (C=O) groups excluding carboxylic acids is 3. The van der Waals surface area contributed by atoms with Gasteiger partial charge in [-0.15, -0.1) is 0 Å². The minimum Gasteiger partial charge on any atom is -0.450 e. The van der Waals surface area contributed by atoms with Crippen LogP contribution in [0.1, 0.15) is 51.2 Å². The highest BCUT2D eigenvalue weighted by molar-refractivity contribution is 5.69. The maximum atomic E-state index is 13.0. The predicted octanol–water partition coefficient (Wildman–Crippen LogP) is 4.98. The van der Waals surface area contributed by atoms with E-state index in [-0.39, 0.29) is 13.2 Å². The van der Waals surface area contributed by atoms with E-state index in [1.165, 1.54) is 0 Å². The molecule has 9 nitrogen and oxygen atoms in total. The number of carbonyl (C=O) groups is 3. The van der Waals surface area contributed by atoms with Crippen LogP contribution in [0.3, 0.4) is 0 Å². The average molecular weight is 500 g/mol. The normalized spacial score (nSPS) is 11.8. The first-order valence-corrected chi connectivity index (χ1v) is 12.0. The number of nitrogens with zero attached hydrogens (tertiary/aromatic N) is 1. The van der Waals surface area contributed by atoms with Gasteiger partial charge in [-0.25, -0.2) is 14.4 Å². The maximum Gasteiger partial charge on any atom is 0.410 e. The van der Waals surface area contributed by atoms with Crippen LogP contribution in [0.4, 0.5) is 14.4 Å². The highest BCUT2D eigenvalue weighted by Crippen LogP contribution is 2.19. The number of nitrogens with one attached hydrogen (secondary N) is 1. The molecule has 36 heavy (non-hydrogen) atoms. The molecule has 0 spiro atoms. The van der Waals surface area contributed by atoms with Gasteiger partial charge < -0.3 is 25.3 Å². The molecule has 0 saturated heterocycles. The number of nitrogens with two attached hydrogens (primary N) is 1. The van der Waals surface area contributed by atoms with Crippen molar-refractivity contribution in [3.63, 3.8) is 0 Å². The van der Waals surface area contributed by atoms with Gasteiger partial charge in [0.05, 0.1) is 6.61 Å². The van der Waals surface area contributed by atoms with Crippen LogP contribution in [-0.4, -0.2) is 48.0 Å². The first-order valence-electron chi connectivity index (χ1n) is 12.0. The van der Waals surface area contributed by atoms with E-state index in [1.807, 2.05) is 81.4 Å². The number of unbranched alkanes of at least 4 members (excludes halogenated alkanes) is 1.